The van der Waals surface area contributed by atoms with E-state index in [9.17, 15) is 30.6 Å². The molecule has 9 atom stereocenters. The molecule has 0 aromatic carbocycles. The summed E-state index contributed by atoms with van der Waals surface area (Å²) >= 11 is 0. The smallest absolute Gasteiger partial charge is 0.186 e. The first-order chi connectivity index (χ1) is 9.86. The van der Waals surface area contributed by atoms with E-state index in [1.165, 1.54) is 0 Å². The van der Waals surface area contributed by atoms with E-state index in [1.807, 2.05) is 0 Å². The molecule has 0 amide bonds. The van der Waals surface area contributed by atoms with Crippen LogP contribution in [-0.4, -0.2) is 104 Å². The van der Waals surface area contributed by atoms with Gasteiger partial charge in [0, 0.05) is 0 Å². The van der Waals surface area contributed by atoms with Crippen LogP contribution >= 0.6 is 0 Å². The zero-order valence-electron chi connectivity index (χ0n) is 11.0. The first kappa shape index (κ1) is 17.0. The van der Waals surface area contributed by atoms with Gasteiger partial charge in [0.25, 0.3) is 0 Å². The third kappa shape index (κ3) is 3.35. The standard InChI is InChI=1S/C11H20O10/c12-1-3-5(13)7(15)9(17)11(21-3)19-2-4-6(14)8(16)10(18)20-4/h3-18H,1-2H2/t3-,4-,5-,6+,7+,8-,9-,10?,11-/m1/s1. The SMILES string of the molecule is OC[C@H]1O[C@@H](OC[C@H]2OC(O)[C@H](O)[C@H]2O)[C@H](O)[C@@H](O)[C@@H]1O. The molecule has 21 heavy (non-hydrogen) atoms. The summed E-state index contributed by atoms with van der Waals surface area (Å²) in [6.07, 6.45) is -12.6. The molecule has 7 N–H and O–H groups in total. The van der Waals surface area contributed by atoms with Crippen molar-refractivity contribution in [1.82, 2.24) is 0 Å². The maximum Gasteiger partial charge on any atom is 0.186 e. The lowest BCUT2D eigenvalue weighted by Crippen LogP contribution is -2.59. The third-order valence-electron chi connectivity index (χ3n) is 3.61. The van der Waals surface area contributed by atoms with Crippen LogP contribution in [0, 0.1) is 0 Å². The molecule has 2 saturated heterocycles. The van der Waals surface area contributed by atoms with Crippen molar-refractivity contribution >= 4 is 0 Å². The lowest BCUT2D eigenvalue weighted by atomic mass is 9.99. The van der Waals surface area contributed by atoms with Crippen molar-refractivity contribution in [3.63, 3.8) is 0 Å². The Morgan fingerprint density at radius 3 is 1.86 bits per heavy atom. The Labute approximate surface area is 119 Å². The Kier molecular flexibility index (Phi) is 5.48. The monoisotopic (exact) mass is 312 g/mol. The van der Waals surface area contributed by atoms with Crippen LogP contribution in [0.4, 0.5) is 0 Å². The minimum absolute atomic E-state index is 0.349. The van der Waals surface area contributed by atoms with Crippen LogP contribution in [0.3, 0.4) is 0 Å². The Balaban J connectivity index is 1.90. The Morgan fingerprint density at radius 1 is 0.714 bits per heavy atom. The zero-order chi connectivity index (χ0) is 15.7. The van der Waals surface area contributed by atoms with E-state index in [2.05, 4.69) is 0 Å². The molecule has 0 aromatic rings. The van der Waals surface area contributed by atoms with Gasteiger partial charge < -0.3 is 50.0 Å². The van der Waals surface area contributed by atoms with Crippen LogP contribution in [0.5, 0.6) is 0 Å². The van der Waals surface area contributed by atoms with Crippen LogP contribution in [0.1, 0.15) is 0 Å². The van der Waals surface area contributed by atoms with E-state index in [0.717, 1.165) is 0 Å². The fourth-order valence-electron chi connectivity index (χ4n) is 2.26. The molecule has 0 aliphatic carbocycles. The number of ether oxygens (including phenoxy) is 3. The van der Waals surface area contributed by atoms with Crippen molar-refractivity contribution in [2.24, 2.45) is 0 Å². The summed E-state index contributed by atoms with van der Waals surface area (Å²) in [7, 11) is 0. The van der Waals surface area contributed by atoms with Gasteiger partial charge in [-0.15, -0.1) is 0 Å². The van der Waals surface area contributed by atoms with Gasteiger partial charge in [0.1, 0.15) is 42.7 Å². The average Bonchev–Trinajstić information content (AvgIpc) is 2.71. The fraction of sp³-hybridized carbons (Fsp3) is 1.00. The van der Waals surface area contributed by atoms with E-state index < -0.39 is 61.9 Å². The highest BCUT2D eigenvalue weighted by atomic mass is 16.7. The van der Waals surface area contributed by atoms with Crippen LogP contribution in [0.15, 0.2) is 0 Å². The topological polar surface area (TPSA) is 169 Å². The summed E-state index contributed by atoms with van der Waals surface area (Å²) in [5.41, 5.74) is 0. The maximum absolute atomic E-state index is 9.72. The molecule has 10 nitrogen and oxygen atoms in total. The largest absolute Gasteiger partial charge is 0.394 e. The number of hydrogen-bond donors (Lipinski definition) is 7. The second-order valence-corrected chi connectivity index (χ2v) is 5.08. The van der Waals surface area contributed by atoms with Crippen molar-refractivity contribution < 1.29 is 50.0 Å². The molecule has 2 heterocycles. The maximum atomic E-state index is 9.72. The van der Waals surface area contributed by atoms with Crippen LogP contribution in [0.25, 0.3) is 0 Å². The highest BCUT2D eigenvalue weighted by molar-refractivity contribution is 4.90. The van der Waals surface area contributed by atoms with Gasteiger partial charge in [-0.3, -0.25) is 0 Å². The van der Waals surface area contributed by atoms with Gasteiger partial charge in [-0.25, -0.2) is 0 Å². The second-order valence-electron chi connectivity index (χ2n) is 5.08. The van der Waals surface area contributed by atoms with E-state index in [1.54, 1.807) is 0 Å². The Bertz CT molecular complexity index is 339. The van der Waals surface area contributed by atoms with Crippen molar-refractivity contribution in [2.75, 3.05) is 13.2 Å². The first-order valence-corrected chi connectivity index (χ1v) is 6.48. The van der Waals surface area contributed by atoms with Crippen LogP contribution in [0.2, 0.25) is 0 Å². The summed E-state index contributed by atoms with van der Waals surface area (Å²) in [4.78, 5) is 0. The van der Waals surface area contributed by atoms with Gasteiger partial charge >= 0.3 is 0 Å². The third-order valence-corrected chi connectivity index (χ3v) is 3.61. The normalized spacial score (nSPS) is 51.3. The molecule has 2 fully saturated rings. The zero-order valence-corrected chi connectivity index (χ0v) is 11.0. The van der Waals surface area contributed by atoms with E-state index in [4.69, 9.17) is 19.3 Å². The number of rotatable bonds is 4. The van der Waals surface area contributed by atoms with Crippen LogP contribution < -0.4 is 0 Å². The first-order valence-electron chi connectivity index (χ1n) is 6.48. The Morgan fingerprint density at radius 2 is 1.33 bits per heavy atom. The quantitative estimate of drug-likeness (QED) is 0.267. The van der Waals surface area contributed by atoms with Gasteiger partial charge in [0.2, 0.25) is 0 Å². The molecular weight excluding hydrogens is 292 g/mol. The minimum Gasteiger partial charge on any atom is -0.394 e. The highest BCUT2D eigenvalue weighted by Crippen LogP contribution is 2.24. The molecule has 2 aliphatic rings. The summed E-state index contributed by atoms with van der Waals surface area (Å²) in [6, 6.07) is 0. The minimum atomic E-state index is -1.58. The van der Waals surface area contributed by atoms with Crippen LogP contribution in [-0.2, 0) is 14.2 Å². The van der Waals surface area contributed by atoms with Crippen molar-refractivity contribution in [2.45, 2.75) is 55.3 Å². The number of hydrogen-bond acceptors (Lipinski definition) is 10. The van der Waals surface area contributed by atoms with E-state index >= 15 is 0 Å². The fourth-order valence-corrected chi connectivity index (χ4v) is 2.26. The molecule has 2 aliphatic heterocycles. The van der Waals surface area contributed by atoms with Gasteiger partial charge in [0.05, 0.1) is 13.2 Å². The van der Waals surface area contributed by atoms with Crippen molar-refractivity contribution in [3.8, 4) is 0 Å². The number of aliphatic hydroxyl groups is 7. The highest BCUT2D eigenvalue weighted by Gasteiger charge is 2.46. The molecule has 2 rings (SSSR count). The predicted molar refractivity (Wildman–Crippen MR) is 62.6 cm³/mol. The van der Waals surface area contributed by atoms with Gasteiger partial charge in [0.15, 0.2) is 12.6 Å². The summed E-state index contributed by atoms with van der Waals surface area (Å²) in [6.45, 7) is -0.942. The summed E-state index contributed by atoms with van der Waals surface area (Å²) < 4.78 is 15.1. The van der Waals surface area contributed by atoms with Gasteiger partial charge in [-0.05, 0) is 0 Å². The van der Waals surface area contributed by atoms with Gasteiger partial charge in [-0.2, -0.15) is 0 Å². The van der Waals surface area contributed by atoms with Crippen molar-refractivity contribution in [3.05, 3.63) is 0 Å². The summed E-state index contributed by atoms with van der Waals surface area (Å²) in [5.74, 6) is 0. The lowest BCUT2D eigenvalue weighted by Gasteiger charge is -2.39. The molecule has 0 bridgehead atoms. The molecule has 0 aromatic heterocycles. The van der Waals surface area contributed by atoms with E-state index in [-0.39, 0.29) is 6.61 Å². The molecule has 1 unspecified atom stereocenters. The van der Waals surface area contributed by atoms with Gasteiger partial charge in [-0.1, -0.05) is 0 Å². The molecular formula is C11H20O10. The summed E-state index contributed by atoms with van der Waals surface area (Å²) in [5, 5.41) is 66.0. The average molecular weight is 312 g/mol. The second kappa shape index (κ2) is 6.79. The lowest BCUT2D eigenvalue weighted by molar-refractivity contribution is -0.306. The molecule has 0 saturated carbocycles. The molecule has 10 heteroatoms. The molecule has 124 valence electrons. The molecule has 0 spiro atoms. The Hall–Kier alpha value is -0.400. The van der Waals surface area contributed by atoms with Crippen molar-refractivity contribution in [1.29, 1.82) is 0 Å². The number of aliphatic hydroxyl groups excluding tert-OH is 7. The molecule has 0 radical (unpaired) electrons. The van der Waals surface area contributed by atoms with E-state index in [0.29, 0.717) is 0 Å². The predicted octanol–water partition coefficient (Wildman–Crippen LogP) is -4.76.